The molecule has 2 aromatic heterocycles. The van der Waals surface area contributed by atoms with Crippen LogP contribution in [0, 0.1) is 22.9 Å². The molecule has 30 heavy (non-hydrogen) atoms. The van der Waals surface area contributed by atoms with Crippen molar-refractivity contribution in [3.63, 3.8) is 0 Å². The lowest BCUT2D eigenvalue weighted by molar-refractivity contribution is -0.384. The average molecular weight is 407 g/mol. The van der Waals surface area contributed by atoms with Crippen molar-refractivity contribution in [1.82, 2.24) is 10.3 Å². The molecule has 0 radical (unpaired) electrons. The van der Waals surface area contributed by atoms with Crippen LogP contribution in [0.1, 0.15) is 21.7 Å². The van der Waals surface area contributed by atoms with E-state index in [0.717, 1.165) is 22.0 Å². The molecule has 0 aliphatic heterocycles. The van der Waals surface area contributed by atoms with Crippen molar-refractivity contribution in [3.8, 4) is 11.3 Å². The summed E-state index contributed by atoms with van der Waals surface area (Å²) in [4.78, 5) is 26.3. The van der Waals surface area contributed by atoms with Crippen molar-refractivity contribution >= 4 is 22.5 Å². The summed E-state index contributed by atoms with van der Waals surface area (Å²) in [5, 5.41) is 14.8. The molecule has 152 valence electrons. The number of nitro groups is 1. The molecule has 4 rings (SSSR count). The Kier molecular flexibility index (Phi) is 5.05. The zero-order chi connectivity index (χ0) is 21.3. The van der Waals surface area contributed by atoms with E-state index < -0.39 is 10.8 Å². The van der Waals surface area contributed by atoms with Gasteiger partial charge in [-0.2, -0.15) is 0 Å². The first-order valence-electron chi connectivity index (χ1n) is 9.31. The Morgan fingerprint density at radius 3 is 2.83 bits per heavy atom. The fourth-order valence-corrected chi connectivity index (χ4v) is 3.36. The molecule has 0 bridgehead atoms. The van der Waals surface area contributed by atoms with Crippen LogP contribution in [0.25, 0.3) is 22.2 Å². The van der Waals surface area contributed by atoms with Crippen molar-refractivity contribution in [2.75, 3.05) is 6.54 Å². The Morgan fingerprint density at radius 1 is 1.20 bits per heavy atom. The fourth-order valence-electron chi connectivity index (χ4n) is 3.36. The lowest BCUT2D eigenvalue weighted by Crippen LogP contribution is -2.25. The fraction of sp³-hybridized carbons (Fsp3) is 0.136. The third-order valence-corrected chi connectivity index (χ3v) is 4.85. The third kappa shape index (κ3) is 3.80. The highest BCUT2D eigenvalue weighted by Gasteiger charge is 2.20. The Bertz CT molecular complexity index is 1260. The van der Waals surface area contributed by atoms with Crippen molar-refractivity contribution in [3.05, 3.63) is 87.5 Å². The van der Waals surface area contributed by atoms with Gasteiger partial charge in [0.25, 0.3) is 11.6 Å². The number of nitrogens with one attached hydrogen (secondary N) is 2. The van der Waals surface area contributed by atoms with E-state index >= 15 is 0 Å². The lowest BCUT2D eigenvalue weighted by Gasteiger charge is -2.04. The van der Waals surface area contributed by atoms with Crippen LogP contribution in [0.5, 0.6) is 0 Å². The minimum absolute atomic E-state index is 0.0600. The molecule has 0 aliphatic carbocycles. The van der Waals surface area contributed by atoms with Gasteiger partial charge < -0.3 is 14.7 Å². The first-order chi connectivity index (χ1) is 14.4. The Hall–Kier alpha value is -3.94. The number of benzene rings is 2. The maximum absolute atomic E-state index is 13.5. The highest BCUT2D eigenvalue weighted by molar-refractivity contribution is 5.92. The standard InChI is InChI=1S/C22H18FN3O4/c1-13-2-4-16(19(10-13)26(28)29)20-6-7-21(30-20)22(27)24-9-8-14-12-25-18-5-3-15(23)11-17(14)18/h2-7,10-12,25H,8-9H2,1H3,(H,24,27). The van der Waals surface area contributed by atoms with Gasteiger partial charge in [0, 0.05) is 29.7 Å². The molecule has 0 atom stereocenters. The first-order valence-corrected chi connectivity index (χ1v) is 9.31. The maximum atomic E-state index is 13.5. The lowest BCUT2D eigenvalue weighted by atomic mass is 10.1. The van der Waals surface area contributed by atoms with Crippen molar-refractivity contribution in [1.29, 1.82) is 0 Å². The molecule has 7 nitrogen and oxygen atoms in total. The quantitative estimate of drug-likeness (QED) is 0.355. The number of amides is 1. The number of carbonyl (C=O) groups is 1. The summed E-state index contributed by atoms with van der Waals surface area (Å²) in [7, 11) is 0. The molecule has 2 aromatic carbocycles. The summed E-state index contributed by atoms with van der Waals surface area (Å²) >= 11 is 0. The van der Waals surface area contributed by atoms with E-state index in [1.165, 1.54) is 30.3 Å². The number of nitro benzene ring substituents is 1. The van der Waals surface area contributed by atoms with E-state index in [-0.39, 0.29) is 23.0 Å². The topological polar surface area (TPSA) is 101 Å². The highest BCUT2D eigenvalue weighted by Crippen LogP contribution is 2.32. The van der Waals surface area contributed by atoms with Crippen LogP contribution in [0.15, 0.2) is 59.1 Å². The summed E-state index contributed by atoms with van der Waals surface area (Å²) in [5.74, 6) is -0.438. The molecule has 0 aliphatic rings. The predicted molar refractivity (Wildman–Crippen MR) is 110 cm³/mol. The molecular formula is C22H18FN3O4. The van der Waals surface area contributed by atoms with E-state index in [2.05, 4.69) is 10.3 Å². The van der Waals surface area contributed by atoms with Gasteiger partial charge in [-0.3, -0.25) is 14.9 Å². The number of aromatic amines is 1. The number of carbonyl (C=O) groups excluding carboxylic acids is 1. The smallest absolute Gasteiger partial charge is 0.287 e. The second kappa shape index (κ2) is 7.82. The summed E-state index contributed by atoms with van der Waals surface area (Å²) in [5.41, 5.74) is 2.70. The molecular weight excluding hydrogens is 389 g/mol. The van der Waals surface area contributed by atoms with Crippen LogP contribution >= 0.6 is 0 Å². The van der Waals surface area contributed by atoms with E-state index in [4.69, 9.17) is 4.42 Å². The number of furan rings is 1. The summed E-state index contributed by atoms with van der Waals surface area (Å²) in [6.45, 7) is 2.09. The van der Waals surface area contributed by atoms with Gasteiger partial charge >= 0.3 is 0 Å². The normalized spacial score (nSPS) is 11.0. The Labute approximate surface area is 170 Å². The van der Waals surface area contributed by atoms with Crippen molar-refractivity contribution in [2.24, 2.45) is 0 Å². The van der Waals surface area contributed by atoms with Gasteiger partial charge in [-0.25, -0.2) is 4.39 Å². The zero-order valence-corrected chi connectivity index (χ0v) is 16.1. The van der Waals surface area contributed by atoms with Crippen molar-refractivity contribution < 1.29 is 18.5 Å². The molecule has 0 saturated carbocycles. The number of hydrogen-bond acceptors (Lipinski definition) is 4. The van der Waals surface area contributed by atoms with Crippen LogP contribution in [-0.2, 0) is 6.42 Å². The number of halogens is 1. The molecule has 1 amide bonds. The molecule has 0 unspecified atom stereocenters. The van der Waals surface area contributed by atoms with Gasteiger partial charge in [0.2, 0.25) is 0 Å². The van der Waals surface area contributed by atoms with Crippen LogP contribution in [0.2, 0.25) is 0 Å². The predicted octanol–water partition coefficient (Wildman–Crippen LogP) is 4.76. The summed E-state index contributed by atoms with van der Waals surface area (Å²) in [6.07, 6.45) is 2.30. The van der Waals surface area contributed by atoms with Gasteiger partial charge in [0.05, 0.1) is 10.5 Å². The number of H-pyrrole nitrogens is 1. The number of fused-ring (bicyclic) bond motifs is 1. The van der Waals surface area contributed by atoms with E-state index in [9.17, 15) is 19.3 Å². The van der Waals surface area contributed by atoms with E-state index in [1.807, 2.05) is 0 Å². The second-order valence-corrected chi connectivity index (χ2v) is 6.95. The van der Waals surface area contributed by atoms with Crippen LogP contribution < -0.4 is 5.32 Å². The van der Waals surface area contributed by atoms with Crippen molar-refractivity contribution in [2.45, 2.75) is 13.3 Å². The highest BCUT2D eigenvalue weighted by atomic mass is 19.1. The van der Waals surface area contributed by atoms with Crippen LogP contribution in [0.3, 0.4) is 0 Å². The number of hydrogen-bond donors (Lipinski definition) is 2. The molecule has 0 fully saturated rings. The zero-order valence-electron chi connectivity index (χ0n) is 16.1. The second-order valence-electron chi connectivity index (χ2n) is 6.95. The maximum Gasteiger partial charge on any atom is 0.287 e. The van der Waals surface area contributed by atoms with Crippen LogP contribution in [-0.4, -0.2) is 22.4 Å². The molecule has 0 spiro atoms. The summed E-state index contributed by atoms with van der Waals surface area (Å²) in [6, 6.07) is 12.3. The Balaban J connectivity index is 1.45. The van der Waals surface area contributed by atoms with E-state index in [1.54, 1.807) is 31.3 Å². The monoisotopic (exact) mass is 407 g/mol. The molecule has 4 aromatic rings. The number of aromatic nitrogens is 1. The largest absolute Gasteiger partial charge is 0.451 e. The molecule has 2 N–H and O–H groups in total. The Morgan fingerprint density at radius 2 is 2.03 bits per heavy atom. The van der Waals surface area contributed by atoms with Gasteiger partial charge in [0.15, 0.2) is 5.76 Å². The number of aryl methyl sites for hydroxylation is 1. The number of rotatable bonds is 6. The first kappa shape index (κ1) is 19.4. The molecule has 8 heteroatoms. The number of nitrogens with zero attached hydrogens (tertiary/aromatic N) is 1. The minimum atomic E-state index is -0.478. The minimum Gasteiger partial charge on any atom is -0.451 e. The van der Waals surface area contributed by atoms with Crippen LogP contribution in [0.4, 0.5) is 10.1 Å². The van der Waals surface area contributed by atoms with E-state index in [0.29, 0.717) is 18.5 Å². The van der Waals surface area contributed by atoms with Gasteiger partial charge in [-0.1, -0.05) is 6.07 Å². The average Bonchev–Trinajstić information content (AvgIpc) is 3.35. The summed E-state index contributed by atoms with van der Waals surface area (Å²) < 4.78 is 19.0. The van der Waals surface area contributed by atoms with Gasteiger partial charge in [-0.15, -0.1) is 0 Å². The SMILES string of the molecule is Cc1ccc(-c2ccc(C(=O)NCCc3c[nH]c4ccc(F)cc34)o2)c([N+](=O)[O-])c1. The molecule has 0 saturated heterocycles. The molecule has 2 heterocycles. The van der Waals surface area contributed by atoms with Gasteiger partial charge in [0.1, 0.15) is 11.6 Å². The third-order valence-electron chi connectivity index (χ3n) is 4.85. The van der Waals surface area contributed by atoms with Gasteiger partial charge in [-0.05, 0) is 60.9 Å².